The van der Waals surface area contributed by atoms with Crippen molar-refractivity contribution in [2.24, 2.45) is 0 Å². The van der Waals surface area contributed by atoms with Gasteiger partial charge in [-0.3, -0.25) is 0 Å². The van der Waals surface area contributed by atoms with Gasteiger partial charge < -0.3 is 19.5 Å². The Morgan fingerprint density at radius 3 is 2.46 bits per heavy atom. The zero-order valence-corrected chi connectivity index (χ0v) is 16.1. The summed E-state index contributed by atoms with van der Waals surface area (Å²) in [6.45, 7) is 4.41. The van der Waals surface area contributed by atoms with Crippen LogP contribution in [0.3, 0.4) is 0 Å². The molecule has 3 heterocycles. The molecule has 4 heteroatoms. The van der Waals surface area contributed by atoms with Gasteiger partial charge >= 0.3 is 0 Å². The first-order valence-corrected chi connectivity index (χ1v) is 10.2. The highest BCUT2D eigenvalue weighted by atomic mass is 16.5. The first kappa shape index (κ1) is 17.4. The van der Waals surface area contributed by atoms with Crippen LogP contribution < -0.4 is 15.0 Å². The molecule has 2 fully saturated rings. The van der Waals surface area contributed by atoms with Crippen molar-refractivity contribution in [1.29, 1.82) is 0 Å². The predicted octanol–water partition coefficient (Wildman–Crippen LogP) is 4.61. The van der Waals surface area contributed by atoms with E-state index in [0.29, 0.717) is 12.0 Å². The standard InChI is InChI=1S/C24H26N3O/c1-2-4-23(5-3-1)28-24-8-6-19(7-9-24)20-10-13-26(14-11-20)21-12-15-27(18-21)22-16-25-17-22/h1-8,12,15,18,20,22,25H,10-11,13-14,16-17H2. The minimum Gasteiger partial charge on any atom is -0.457 e. The fourth-order valence-electron chi connectivity index (χ4n) is 4.13. The summed E-state index contributed by atoms with van der Waals surface area (Å²) in [5.74, 6) is 2.24. The molecule has 143 valence electrons. The van der Waals surface area contributed by atoms with Gasteiger partial charge in [0.25, 0.3) is 0 Å². The van der Waals surface area contributed by atoms with Crippen LogP contribution in [0.1, 0.15) is 30.4 Å². The van der Waals surface area contributed by atoms with E-state index in [4.69, 9.17) is 4.74 Å². The highest BCUT2D eigenvalue weighted by molar-refractivity contribution is 5.46. The molecule has 1 aromatic heterocycles. The Balaban J connectivity index is 1.18. The van der Waals surface area contributed by atoms with E-state index in [9.17, 15) is 0 Å². The summed E-state index contributed by atoms with van der Waals surface area (Å²) in [6.07, 6.45) is 6.91. The smallest absolute Gasteiger partial charge is 0.135 e. The van der Waals surface area contributed by atoms with Crippen molar-refractivity contribution in [1.82, 2.24) is 9.88 Å². The van der Waals surface area contributed by atoms with Crippen molar-refractivity contribution >= 4 is 5.69 Å². The highest BCUT2D eigenvalue weighted by Crippen LogP contribution is 2.32. The van der Waals surface area contributed by atoms with Gasteiger partial charge in [-0.25, -0.2) is 0 Å². The zero-order valence-electron chi connectivity index (χ0n) is 16.1. The fraction of sp³-hybridized carbons (Fsp3) is 0.333. The second-order valence-corrected chi connectivity index (χ2v) is 7.79. The lowest BCUT2D eigenvalue weighted by atomic mass is 9.89. The van der Waals surface area contributed by atoms with Crippen LogP contribution in [0.5, 0.6) is 11.5 Å². The summed E-state index contributed by atoms with van der Waals surface area (Å²) in [6, 6.07) is 22.5. The van der Waals surface area contributed by atoms with Gasteiger partial charge in [-0.1, -0.05) is 24.3 Å². The topological polar surface area (TPSA) is 29.4 Å². The molecule has 2 aromatic carbocycles. The summed E-state index contributed by atoms with van der Waals surface area (Å²) in [5, 5.41) is 3.34. The molecule has 2 saturated heterocycles. The maximum absolute atomic E-state index is 5.86. The average Bonchev–Trinajstić information content (AvgIpc) is 3.18. The molecule has 3 aromatic rings. The van der Waals surface area contributed by atoms with E-state index in [1.165, 1.54) is 24.1 Å². The number of anilines is 1. The van der Waals surface area contributed by atoms with Crippen LogP contribution in [-0.2, 0) is 0 Å². The van der Waals surface area contributed by atoms with E-state index < -0.39 is 0 Å². The molecular formula is C24H26N3O. The van der Waals surface area contributed by atoms with Crippen LogP contribution in [0.15, 0.2) is 67.0 Å². The minimum atomic E-state index is 0.608. The molecule has 1 N–H and O–H groups in total. The molecule has 0 amide bonds. The first-order valence-electron chi connectivity index (χ1n) is 10.2. The maximum Gasteiger partial charge on any atom is 0.135 e. The van der Waals surface area contributed by atoms with Crippen LogP contribution >= 0.6 is 0 Å². The molecule has 2 aliphatic heterocycles. The Bertz CT molecular complexity index is 891. The number of piperidine rings is 1. The van der Waals surface area contributed by atoms with Crippen molar-refractivity contribution in [3.05, 3.63) is 78.6 Å². The average molecular weight is 372 g/mol. The highest BCUT2D eigenvalue weighted by Gasteiger charge is 2.23. The number of hydrogen-bond donors (Lipinski definition) is 1. The number of rotatable bonds is 5. The molecule has 4 nitrogen and oxygen atoms in total. The monoisotopic (exact) mass is 372 g/mol. The minimum absolute atomic E-state index is 0.608. The molecule has 0 bridgehead atoms. The van der Waals surface area contributed by atoms with Gasteiger partial charge in [0.2, 0.25) is 0 Å². The second kappa shape index (κ2) is 7.72. The Morgan fingerprint density at radius 1 is 0.964 bits per heavy atom. The molecule has 28 heavy (non-hydrogen) atoms. The van der Waals surface area contributed by atoms with Crippen molar-refractivity contribution < 1.29 is 4.74 Å². The zero-order chi connectivity index (χ0) is 18.8. The van der Waals surface area contributed by atoms with Gasteiger partial charge in [-0.05, 0) is 54.7 Å². The maximum atomic E-state index is 5.86. The van der Waals surface area contributed by atoms with E-state index in [1.54, 1.807) is 0 Å². The third-order valence-electron chi connectivity index (χ3n) is 5.99. The number of nitrogens with zero attached hydrogens (tertiary/aromatic N) is 2. The van der Waals surface area contributed by atoms with Gasteiger partial charge in [-0.15, -0.1) is 0 Å². The molecule has 0 saturated carbocycles. The Hall–Kier alpha value is -2.72. The van der Waals surface area contributed by atoms with Gasteiger partial charge in [0.1, 0.15) is 11.5 Å². The van der Waals surface area contributed by atoms with Crippen LogP contribution in [0.2, 0.25) is 0 Å². The summed E-state index contributed by atoms with van der Waals surface area (Å²) in [5.41, 5.74) is 2.74. The summed E-state index contributed by atoms with van der Waals surface area (Å²) in [4.78, 5) is 2.52. The Morgan fingerprint density at radius 2 is 1.79 bits per heavy atom. The van der Waals surface area contributed by atoms with Gasteiger partial charge in [0, 0.05) is 44.6 Å². The summed E-state index contributed by atoms with van der Waals surface area (Å²) >= 11 is 0. The molecule has 2 aliphatic rings. The third kappa shape index (κ3) is 3.65. The van der Waals surface area contributed by atoms with Crippen molar-refractivity contribution in [2.75, 3.05) is 31.1 Å². The number of aromatic nitrogens is 1. The number of para-hydroxylation sites is 1. The quantitative estimate of drug-likeness (QED) is 0.709. The van der Waals surface area contributed by atoms with Crippen molar-refractivity contribution in [2.45, 2.75) is 24.8 Å². The van der Waals surface area contributed by atoms with Crippen LogP contribution in [0.25, 0.3) is 0 Å². The molecular weight excluding hydrogens is 346 g/mol. The number of benzene rings is 2. The Labute approximate surface area is 166 Å². The lowest BCUT2D eigenvalue weighted by molar-refractivity contribution is 0.344. The van der Waals surface area contributed by atoms with Crippen molar-refractivity contribution in [3.63, 3.8) is 0 Å². The normalized spacial score (nSPS) is 18.1. The van der Waals surface area contributed by atoms with E-state index in [2.05, 4.69) is 51.4 Å². The number of nitrogens with one attached hydrogen (secondary N) is 1. The summed E-state index contributed by atoms with van der Waals surface area (Å²) in [7, 11) is 0. The number of ether oxygens (including phenoxy) is 1. The van der Waals surface area contributed by atoms with Crippen LogP contribution in [-0.4, -0.2) is 30.7 Å². The summed E-state index contributed by atoms with van der Waals surface area (Å²) < 4.78 is 8.22. The molecule has 1 radical (unpaired) electrons. The SMILES string of the molecule is [c]1cc(C2CCN(c3ccn(C4CNC4)c3)CC2)ccc1Oc1ccccc1. The van der Waals surface area contributed by atoms with Crippen molar-refractivity contribution in [3.8, 4) is 11.5 Å². The van der Waals surface area contributed by atoms with Crippen LogP contribution in [0.4, 0.5) is 5.69 Å². The van der Waals surface area contributed by atoms with Gasteiger partial charge in [-0.2, -0.15) is 0 Å². The molecule has 5 rings (SSSR count). The lowest BCUT2D eigenvalue weighted by Gasteiger charge is -2.33. The number of hydrogen-bond acceptors (Lipinski definition) is 3. The van der Waals surface area contributed by atoms with Gasteiger partial charge in [0.05, 0.1) is 11.7 Å². The first-order chi connectivity index (χ1) is 13.8. The van der Waals surface area contributed by atoms with E-state index in [-0.39, 0.29) is 0 Å². The second-order valence-electron chi connectivity index (χ2n) is 7.79. The largest absolute Gasteiger partial charge is 0.457 e. The van der Waals surface area contributed by atoms with E-state index >= 15 is 0 Å². The fourth-order valence-corrected chi connectivity index (χ4v) is 4.13. The predicted molar refractivity (Wildman–Crippen MR) is 112 cm³/mol. The van der Waals surface area contributed by atoms with Gasteiger partial charge in [0.15, 0.2) is 0 Å². The van der Waals surface area contributed by atoms with E-state index in [0.717, 1.165) is 37.7 Å². The molecule has 0 aliphatic carbocycles. The van der Waals surface area contributed by atoms with E-state index in [1.807, 2.05) is 36.4 Å². The molecule has 0 unspecified atom stereocenters. The van der Waals surface area contributed by atoms with Crippen LogP contribution in [0, 0.1) is 6.07 Å². The molecule has 0 atom stereocenters. The molecule has 0 spiro atoms. The Kier molecular flexibility index (Phi) is 4.79. The third-order valence-corrected chi connectivity index (χ3v) is 5.99. The lowest BCUT2D eigenvalue weighted by Crippen LogP contribution is -2.42.